The van der Waals surface area contributed by atoms with E-state index in [9.17, 15) is 22.8 Å². The molecule has 0 saturated carbocycles. The first-order valence-electron chi connectivity index (χ1n) is 8.60. The summed E-state index contributed by atoms with van der Waals surface area (Å²) in [5.74, 6) is -3.95. The number of nitrogens with one attached hydrogen (secondary N) is 1. The molecule has 2 N–H and O–H groups in total. The summed E-state index contributed by atoms with van der Waals surface area (Å²) >= 11 is 0. The molecule has 1 atom stereocenters. The molecule has 0 rings (SSSR count). The van der Waals surface area contributed by atoms with E-state index in [0.717, 1.165) is 25.7 Å². The highest BCUT2D eigenvalue weighted by Gasteiger charge is 2.36. The molecule has 0 aromatic heterocycles. The number of unbranched alkanes of at least 4 members (excludes halogenated alkanes) is 4. The van der Waals surface area contributed by atoms with Crippen molar-refractivity contribution in [2.75, 3.05) is 0 Å². The summed E-state index contributed by atoms with van der Waals surface area (Å²) < 4.78 is 40.9. The maximum absolute atomic E-state index is 11.8. The van der Waals surface area contributed by atoms with E-state index in [1.165, 1.54) is 0 Å². The van der Waals surface area contributed by atoms with Crippen LogP contribution in [0.1, 0.15) is 71.6 Å². The predicted molar refractivity (Wildman–Crippen MR) is 93.2 cm³/mol. The summed E-state index contributed by atoms with van der Waals surface area (Å²) in [6.07, 6.45) is 3.37. The molecule has 0 amide bonds. The molecule has 0 aromatic rings. The summed E-state index contributed by atoms with van der Waals surface area (Å²) in [7, 11) is -4.95. The second-order valence-electron chi connectivity index (χ2n) is 5.81. The molecule has 10 heteroatoms. The zero-order valence-corrected chi connectivity index (χ0v) is 16.0. The van der Waals surface area contributed by atoms with Crippen LogP contribution in [0.5, 0.6) is 0 Å². The minimum absolute atomic E-state index is 0.0487. The van der Waals surface area contributed by atoms with Crippen LogP contribution >= 0.6 is 0 Å². The fourth-order valence-electron chi connectivity index (χ4n) is 1.98. The monoisotopic (exact) mass is 393 g/mol. The Morgan fingerprint density at radius 1 is 0.923 bits per heavy atom. The Balaban J connectivity index is 4.70. The van der Waals surface area contributed by atoms with Crippen LogP contribution in [-0.2, 0) is 34.0 Å². The Morgan fingerprint density at radius 2 is 1.38 bits per heavy atom. The molecule has 0 radical (unpaired) electrons. The largest absolute Gasteiger partial charge is 0.412 e. The van der Waals surface area contributed by atoms with Crippen LogP contribution < -0.4 is 0 Å². The van der Waals surface area contributed by atoms with Gasteiger partial charge in [-0.25, -0.2) is 0 Å². The van der Waals surface area contributed by atoms with Crippen molar-refractivity contribution in [3.63, 3.8) is 0 Å². The summed E-state index contributed by atoms with van der Waals surface area (Å²) in [4.78, 5) is 34.9. The van der Waals surface area contributed by atoms with Crippen LogP contribution in [0.2, 0.25) is 0 Å². The maximum atomic E-state index is 11.8. The van der Waals surface area contributed by atoms with Gasteiger partial charge in [0, 0.05) is 12.8 Å². The Kier molecular flexibility index (Phi) is 11.7. The van der Waals surface area contributed by atoms with E-state index in [2.05, 4.69) is 9.47 Å². The third-order valence-electron chi connectivity index (χ3n) is 3.41. The first kappa shape index (κ1) is 24.2. The van der Waals surface area contributed by atoms with Gasteiger partial charge in [-0.15, -0.1) is 0 Å². The molecule has 0 fully saturated rings. The molecule has 0 aliphatic rings. The molecular formula is C16H27NO8S. The van der Waals surface area contributed by atoms with Gasteiger partial charge >= 0.3 is 17.9 Å². The Hall–Kier alpha value is -1.81. The second-order valence-corrected chi connectivity index (χ2v) is 7.41. The maximum Gasteiger partial charge on any atom is 0.335 e. The van der Waals surface area contributed by atoms with Gasteiger partial charge < -0.3 is 9.47 Å². The van der Waals surface area contributed by atoms with Crippen LogP contribution in [-0.4, -0.2) is 42.0 Å². The molecule has 0 saturated heterocycles. The summed E-state index contributed by atoms with van der Waals surface area (Å²) in [5.41, 5.74) is 0. The Labute approximate surface area is 153 Å². The lowest BCUT2D eigenvalue weighted by Crippen LogP contribution is -2.35. The lowest BCUT2D eigenvalue weighted by atomic mass is 10.2. The van der Waals surface area contributed by atoms with Crippen molar-refractivity contribution >= 4 is 33.9 Å². The molecule has 0 heterocycles. The molecule has 0 aliphatic heterocycles. The smallest absolute Gasteiger partial charge is 0.335 e. The van der Waals surface area contributed by atoms with E-state index in [4.69, 9.17) is 9.96 Å². The number of esters is 3. The van der Waals surface area contributed by atoms with Crippen molar-refractivity contribution in [3.05, 3.63) is 0 Å². The van der Waals surface area contributed by atoms with Crippen molar-refractivity contribution in [1.82, 2.24) is 0 Å². The molecular weight excluding hydrogens is 366 g/mol. The molecule has 9 nitrogen and oxygen atoms in total. The van der Waals surface area contributed by atoms with Crippen LogP contribution in [0.4, 0.5) is 0 Å². The second kappa shape index (κ2) is 12.5. The molecule has 0 aromatic carbocycles. The number of hydrogen-bond acceptors (Lipinski definition) is 8. The third-order valence-corrected chi connectivity index (χ3v) is 4.49. The van der Waals surface area contributed by atoms with Gasteiger partial charge in [0.15, 0.2) is 11.1 Å². The molecule has 26 heavy (non-hydrogen) atoms. The number of ether oxygens (including phenoxy) is 2. The van der Waals surface area contributed by atoms with Crippen molar-refractivity contribution in [2.45, 2.75) is 76.9 Å². The van der Waals surface area contributed by atoms with Crippen molar-refractivity contribution in [1.29, 1.82) is 5.41 Å². The number of carbonyl (C=O) groups excluding carboxylic acids is 3. The SMILES string of the molecule is CCCCCC(=O)OC(=N)CC(C(=O)OC(=O)CCCCC)S(=O)(=O)O. The lowest BCUT2D eigenvalue weighted by Gasteiger charge is -2.13. The van der Waals surface area contributed by atoms with Crippen molar-refractivity contribution < 1.29 is 36.8 Å². The molecule has 0 spiro atoms. The minimum Gasteiger partial charge on any atom is -0.412 e. The predicted octanol–water partition coefficient (Wildman–Crippen LogP) is 2.38. The number of rotatable bonds is 12. The number of carbonyl (C=O) groups is 3. The van der Waals surface area contributed by atoms with E-state index in [-0.39, 0.29) is 12.8 Å². The first-order valence-corrected chi connectivity index (χ1v) is 10.1. The standard InChI is InChI=1S/C16H27NO8S/c1-3-5-7-9-14(18)24-13(17)11-12(26(21,22)23)16(20)25-15(19)10-8-6-4-2/h12,17H,3-11H2,1-2H3,(H,21,22,23). The summed E-state index contributed by atoms with van der Waals surface area (Å²) in [5, 5.41) is 5.31. The van der Waals surface area contributed by atoms with Gasteiger partial charge in [-0.1, -0.05) is 39.5 Å². The van der Waals surface area contributed by atoms with E-state index in [1.807, 2.05) is 13.8 Å². The molecule has 1 unspecified atom stereocenters. The van der Waals surface area contributed by atoms with E-state index < -0.39 is 45.6 Å². The van der Waals surface area contributed by atoms with Crippen LogP contribution in [0.25, 0.3) is 0 Å². The fraction of sp³-hybridized carbons (Fsp3) is 0.750. The average Bonchev–Trinajstić information content (AvgIpc) is 2.51. The average molecular weight is 393 g/mol. The minimum atomic E-state index is -4.95. The van der Waals surface area contributed by atoms with Crippen LogP contribution in [0.3, 0.4) is 0 Å². The molecule has 0 aliphatic carbocycles. The highest BCUT2D eigenvalue weighted by molar-refractivity contribution is 7.87. The van der Waals surface area contributed by atoms with Gasteiger partial charge in [-0.3, -0.25) is 24.3 Å². The van der Waals surface area contributed by atoms with E-state index in [0.29, 0.717) is 12.8 Å². The van der Waals surface area contributed by atoms with Gasteiger partial charge in [-0.2, -0.15) is 8.42 Å². The quantitative estimate of drug-likeness (QED) is 0.128. The Morgan fingerprint density at radius 3 is 1.81 bits per heavy atom. The fourth-order valence-corrected chi connectivity index (χ4v) is 2.63. The zero-order valence-electron chi connectivity index (χ0n) is 15.2. The van der Waals surface area contributed by atoms with Crippen molar-refractivity contribution in [3.8, 4) is 0 Å². The highest BCUT2D eigenvalue weighted by atomic mass is 32.2. The third kappa shape index (κ3) is 10.9. The van der Waals surface area contributed by atoms with Gasteiger partial charge in [0.05, 0.1) is 6.42 Å². The van der Waals surface area contributed by atoms with Crippen LogP contribution in [0, 0.1) is 5.41 Å². The summed E-state index contributed by atoms with van der Waals surface area (Å²) in [6.45, 7) is 3.86. The zero-order chi connectivity index (χ0) is 20.2. The van der Waals surface area contributed by atoms with Gasteiger partial charge in [0.25, 0.3) is 10.1 Å². The van der Waals surface area contributed by atoms with Gasteiger partial charge in [0.1, 0.15) is 0 Å². The van der Waals surface area contributed by atoms with Crippen molar-refractivity contribution in [2.24, 2.45) is 0 Å². The molecule has 150 valence electrons. The van der Waals surface area contributed by atoms with Gasteiger partial charge in [0.2, 0.25) is 0 Å². The first-order chi connectivity index (χ1) is 12.1. The summed E-state index contributed by atoms with van der Waals surface area (Å²) in [6, 6.07) is 0. The Bertz CT molecular complexity index is 599. The van der Waals surface area contributed by atoms with Gasteiger partial charge in [-0.05, 0) is 12.8 Å². The highest BCUT2D eigenvalue weighted by Crippen LogP contribution is 2.11. The normalized spacial score (nSPS) is 12.3. The lowest BCUT2D eigenvalue weighted by molar-refractivity contribution is -0.159. The molecule has 0 bridgehead atoms. The van der Waals surface area contributed by atoms with E-state index >= 15 is 0 Å². The topological polar surface area (TPSA) is 148 Å². The number of hydrogen-bond donors (Lipinski definition) is 2. The van der Waals surface area contributed by atoms with Crippen LogP contribution in [0.15, 0.2) is 0 Å². The van der Waals surface area contributed by atoms with E-state index in [1.54, 1.807) is 0 Å².